The lowest BCUT2D eigenvalue weighted by atomic mass is 9.87. The Morgan fingerprint density at radius 2 is 1.04 bits per heavy atom. The van der Waals surface area contributed by atoms with E-state index >= 15 is 0 Å². The van der Waals surface area contributed by atoms with Gasteiger partial charge in [-0.05, 0) is 105 Å². The van der Waals surface area contributed by atoms with Crippen LogP contribution < -0.4 is 0 Å². The summed E-state index contributed by atoms with van der Waals surface area (Å²) in [6.45, 7) is 11.4. The van der Waals surface area contributed by atoms with E-state index in [2.05, 4.69) is 191 Å². The molecule has 2 heterocycles. The first-order valence-electron chi connectivity index (χ1n) is 18.7. The van der Waals surface area contributed by atoms with Gasteiger partial charge in [-0.1, -0.05) is 143 Å². The highest BCUT2D eigenvalue weighted by atomic mass is 16.3. The van der Waals surface area contributed by atoms with Crippen molar-refractivity contribution >= 4 is 33.0 Å². The molecular weight excluding hydrogens is 645 g/mol. The maximum absolute atomic E-state index is 6.89. The summed E-state index contributed by atoms with van der Waals surface area (Å²) >= 11 is 0. The molecule has 53 heavy (non-hydrogen) atoms. The average molecular weight is 687 g/mol. The minimum Gasteiger partial charge on any atom is -0.455 e. The third kappa shape index (κ3) is 5.64. The Hall–Kier alpha value is -6.19. The first-order valence-corrected chi connectivity index (χ1v) is 18.7. The van der Waals surface area contributed by atoms with Crippen molar-refractivity contribution in [3.63, 3.8) is 0 Å². The summed E-state index contributed by atoms with van der Waals surface area (Å²) in [5.41, 5.74) is 17.0. The number of hydrogen-bond acceptors (Lipinski definition) is 2. The summed E-state index contributed by atoms with van der Waals surface area (Å²) in [5.74, 6) is 1.43. The number of benzene rings is 7. The third-order valence-corrected chi connectivity index (χ3v) is 10.7. The first-order chi connectivity index (χ1) is 25.9. The van der Waals surface area contributed by atoms with Gasteiger partial charge in [0.05, 0.1) is 22.3 Å². The van der Waals surface area contributed by atoms with E-state index in [1.165, 1.54) is 44.6 Å². The molecule has 9 aromatic rings. The van der Waals surface area contributed by atoms with Gasteiger partial charge in [-0.3, -0.25) is 4.57 Å². The van der Waals surface area contributed by atoms with E-state index < -0.39 is 0 Å². The predicted molar refractivity (Wildman–Crippen MR) is 223 cm³/mol. The molecule has 0 spiro atoms. The second-order valence-corrected chi connectivity index (χ2v) is 14.8. The molecule has 0 atom stereocenters. The number of hydrogen-bond donors (Lipinski definition) is 0. The van der Waals surface area contributed by atoms with E-state index in [1.807, 2.05) is 0 Å². The smallest absolute Gasteiger partial charge is 0.149 e. The van der Waals surface area contributed by atoms with Gasteiger partial charge in [0.25, 0.3) is 0 Å². The fraction of sp³-hybridized carbons (Fsp3) is 0.140. The number of para-hydroxylation sites is 2. The normalized spacial score (nSPS) is 11.8. The number of fused-ring (bicyclic) bond motifs is 4. The van der Waals surface area contributed by atoms with Crippen molar-refractivity contribution in [3.05, 3.63) is 168 Å². The maximum Gasteiger partial charge on any atom is 0.149 e. The standard InChI is InChI=1S/C50H42N2O/c1-31(2)42-28-39(37-23-21-36(22-24-37)34-14-8-6-9-15-34)29-43(32(3)4)48(42)52-45-19-13-12-18-44(45)51-50(52)47-33(5)20-26-41-40-27-25-38(30-46(40)53-49(41)47)35-16-10-7-11-17-35/h6-32H,1-5H3. The van der Waals surface area contributed by atoms with E-state index in [1.54, 1.807) is 0 Å². The van der Waals surface area contributed by atoms with Crippen LogP contribution in [0.15, 0.2) is 156 Å². The molecule has 2 aromatic heterocycles. The zero-order chi connectivity index (χ0) is 36.2. The molecule has 0 unspecified atom stereocenters. The predicted octanol–water partition coefficient (Wildman–Crippen LogP) is 14.1. The van der Waals surface area contributed by atoms with Crippen molar-refractivity contribution in [2.75, 3.05) is 0 Å². The van der Waals surface area contributed by atoms with Crippen molar-refractivity contribution < 1.29 is 4.42 Å². The number of furan rings is 1. The highest BCUT2D eigenvalue weighted by molar-refractivity contribution is 6.11. The van der Waals surface area contributed by atoms with E-state index in [0.717, 1.165) is 55.5 Å². The van der Waals surface area contributed by atoms with Gasteiger partial charge in [-0.15, -0.1) is 0 Å². The lowest BCUT2D eigenvalue weighted by molar-refractivity contribution is 0.669. The molecule has 258 valence electrons. The summed E-state index contributed by atoms with van der Waals surface area (Å²) in [4.78, 5) is 5.43. The summed E-state index contributed by atoms with van der Waals surface area (Å²) in [7, 11) is 0. The second-order valence-electron chi connectivity index (χ2n) is 14.8. The van der Waals surface area contributed by atoms with E-state index in [4.69, 9.17) is 9.40 Å². The van der Waals surface area contributed by atoms with Crippen LogP contribution in [0.25, 0.3) is 83.4 Å². The Morgan fingerprint density at radius 3 is 1.68 bits per heavy atom. The van der Waals surface area contributed by atoms with Crippen molar-refractivity contribution in [3.8, 4) is 50.5 Å². The largest absolute Gasteiger partial charge is 0.455 e. The summed E-state index contributed by atoms with van der Waals surface area (Å²) in [6.07, 6.45) is 0. The van der Waals surface area contributed by atoms with Gasteiger partial charge in [0.15, 0.2) is 0 Å². The molecular formula is C50H42N2O. The average Bonchev–Trinajstić information content (AvgIpc) is 3.76. The van der Waals surface area contributed by atoms with E-state index in [9.17, 15) is 0 Å². The number of aryl methyl sites for hydroxylation is 1. The SMILES string of the molecule is Cc1ccc2c(oc3cc(-c4ccccc4)ccc32)c1-c1nc2ccccc2n1-c1c(C(C)C)cc(-c2ccc(-c3ccccc3)cc2)cc1C(C)C. The van der Waals surface area contributed by atoms with Crippen molar-refractivity contribution in [2.24, 2.45) is 0 Å². The van der Waals surface area contributed by atoms with E-state index in [-0.39, 0.29) is 11.8 Å². The number of aromatic nitrogens is 2. The zero-order valence-corrected chi connectivity index (χ0v) is 30.9. The van der Waals surface area contributed by atoms with Crippen LogP contribution in [0.3, 0.4) is 0 Å². The highest BCUT2D eigenvalue weighted by Crippen LogP contribution is 2.44. The molecule has 0 saturated heterocycles. The molecule has 3 heteroatoms. The summed E-state index contributed by atoms with van der Waals surface area (Å²) < 4.78 is 9.31. The van der Waals surface area contributed by atoms with Gasteiger partial charge in [0.2, 0.25) is 0 Å². The summed E-state index contributed by atoms with van der Waals surface area (Å²) in [6, 6.07) is 54.4. The number of nitrogens with zero attached hydrogens (tertiary/aromatic N) is 2. The van der Waals surface area contributed by atoms with Crippen molar-refractivity contribution in [1.82, 2.24) is 9.55 Å². The van der Waals surface area contributed by atoms with E-state index in [0.29, 0.717) is 0 Å². The Morgan fingerprint density at radius 1 is 0.509 bits per heavy atom. The fourth-order valence-electron chi connectivity index (χ4n) is 7.92. The van der Waals surface area contributed by atoms with Crippen LogP contribution in [0.2, 0.25) is 0 Å². The number of imidazole rings is 1. The molecule has 7 aromatic carbocycles. The van der Waals surface area contributed by atoms with Gasteiger partial charge in [0, 0.05) is 10.8 Å². The number of rotatable bonds is 7. The second kappa shape index (κ2) is 13.1. The van der Waals surface area contributed by atoms with Crippen LogP contribution >= 0.6 is 0 Å². The Kier molecular flexibility index (Phi) is 8.08. The van der Waals surface area contributed by atoms with Crippen LogP contribution in [-0.2, 0) is 0 Å². The van der Waals surface area contributed by atoms with Gasteiger partial charge in [-0.2, -0.15) is 0 Å². The van der Waals surface area contributed by atoms with Crippen molar-refractivity contribution in [2.45, 2.75) is 46.5 Å². The maximum atomic E-state index is 6.89. The molecule has 0 saturated carbocycles. The lowest BCUT2D eigenvalue weighted by Gasteiger charge is -2.24. The molecule has 0 aliphatic heterocycles. The quantitative estimate of drug-likeness (QED) is 0.167. The van der Waals surface area contributed by atoms with Crippen LogP contribution in [0.5, 0.6) is 0 Å². The zero-order valence-electron chi connectivity index (χ0n) is 30.9. The third-order valence-electron chi connectivity index (χ3n) is 10.7. The molecule has 0 bridgehead atoms. The van der Waals surface area contributed by atoms with Crippen LogP contribution in [0.1, 0.15) is 56.2 Å². The lowest BCUT2D eigenvalue weighted by Crippen LogP contribution is -2.10. The molecule has 0 fully saturated rings. The molecule has 0 radical (unpaired) electrons. The minimum atomic E-state index is 0.263. The minimum absolute atomic E-state index is 0.263. The van der Waals surface area contributed by atoms with Gasteiger partial charge in [0.1, 0.15) is 17.0 Å². The Bertz CT molecular complexity index is 2740. The first kappa shape index (κ1) is 32.7. The topological polar surface area (TPSA) is 31.0 Å². The highest BCUT2D eigenvalue weighted by Gasteiger charge is 2.26. The van der Waals surface area contributed by atoms with Gasteiger partial charge in [-0.25, -0.2) is 4.98 Å². The monoisotopic (exact) mass is 686 g/mol. The van der Waals surface area contributed by atoms with Crippen LogP contribution in [-0.4, -0.2) is 9.55 Å². The molecule has 0 amide bonds. The molecule has 9 rings (SSSR count). The molecule has 0 N–H and O–H groups in total. The molecule has 3 nitrogen and oxygen atoms in total. The molecule has 0 aliphatic carbocycles. The fourth-order valence-corrected chi connectivity index (χ4v) is 7.92. The Labute approximate surface area is 311 Å². The van der Waals surface area contributed by atoms with Gasteiger partial charge >= 0.3 is 0 Å². The van der Waals surface area contributed by atoms with Crippen LogP contribution in [0.4, 0.5) is 0 Å². The molecule has 0 aliphatic rings. The summed E-state index contributed by atoms with van der Waals surface area (Å²) in [5, 5.41) is 2.21. The Balaban J connectivity index is 1.27. The van der Waals surface area contributed by atoms with Crippen LogP contribution in [0, 0.1) is 6.92 Å². The van der Waals surface area contributed by atoms with Gasteiger partial charge < -0.3 is 4.42 Å². The van der Waals surface area contributed by atoms with Crippen molar-refractivity contribution in [1.29, 1.82) is 0 Å².